The molecule has 0 spiro atoms. The first-order valence-corrected chi connectivity index (χ1v) is 6.82. The zero-order valence-electron chi connectivity index (χ0n) is 10.4. The number of rotatable bonds is 5. The first-order valence-electron chi connectivity index (χ1n) is 6.03. The van der Waals surface area contributed by atoms with Crippen LogP contribution < -0.4 is 5.32 Å². The van der Waals surface area contributed by atoms with Crippen molar-refractivity contribution in [3.05, 3.63) is 58.0 Å². The Hall–Kier alpha value is -1.20. The van der Waals surface area contributed by atoms with Crippen molar-refractivity contribution in [2.75, 3.05) is 6.54 Å². The van der Waals surface area contributed by atoms with Gasteiger partial charge in [0, 0.05) is 12.0 Å². The summed E-state index contributed by atoms with van der Waals surface area (Å²) in [6.45, 7) is 2.61. The highest BCUT2D eigenvalue weighted by molar-refractivity contribution is 9.10. The molecule has 2 aromatic rings. The zero-order chi connectivity index (χ0) is 13.8. The molecule has 2 rings (SSSR count). The van der Waals surface area contributed by atoms with E-state index in [4.69, 9.17) is 4.42 Å². The van der Waals surface area contributed by atoms with E-state index in [1.165, 1.54) is 18.2 Å². The summed E-state index contributed by atoms with van der Waals surface area (Å²) in [7, 11) is 0. The smallest absolute Gasteiger partial charge is 0.169 e. The van der Waals surface area contributed by atoms with Gasteiger partial charge in [0.25, 0.3) is 0 Å². The summed E-state index contributed by atoms with van der Waals surface area (Å²) in [6, 6.07) is 7.18. The maximum atomic E-state index is 13.7. The van der Waals surface area contributed by atoms with Crippen LogP contribution in [-0.4, -0.2) is 6.54 Å². The Morgan fingerprint density at radius 3 is 2.42 bits per heavy atom. The Bertz CT molecular complexity index is 536. The molecule has 0 bridgehead atoms. The van der Waals surface area contributed by atoms with Crippen molar-refractivity contribution >= 4 is 15.9 Å². The Morgan fingerprint density at radius 1 is 1.21 bits per heavy atom. The highest BCUT2D eigenvalue weighted by Gasteiger charge is 2.19. The van der Waals surface area contributed by atoms with Gasteiger partial charge in [-0.05, 0) is 46.7 Å². The Labute approximate surface area is 118 Å². The zero-order valence-corrected chi connectivity index (χ0v) is 12.0. The third kappa shape index (κ3) is 3.42. The van der Waals surface area contributed by atoms with E-state index in [1.807, 2.05) is 6.92 Å². The SMILES string of the molecule is CCNC(Cc1c(F)cccc1F)c1ccc(Br)o1. The molecular formula is C14H14BrF2NO. The van der Waals surface area contributed by atoms with E-state index in [0.29, 0.717) is 17.0 Å². The summed E-state index contributed by atoms with van der Waals surface area (Å²) in [5, 5.41) is 3.17. The Morgan fingerprint density at radius 2 is 1.89 bits per heavy atom. The maximum Gasteiger partial charge on any atom is 0.169 e. The van der Waals surface area contributed by atoms with Gasteiger partial charge < -0.3 is 9.73 Å². The molecule has 0 aliphatic carbocycles. The molecule has 0 aliphatic rings. The fourth-order valence-corrected chi connectivity index (χ4v) is 2.29. The van der Waals surface area contributed by atoms with E-state index in [0.717, 1.165) is 0 Å². The van der Waals surface area contributed by atoms with Crippen LogP contribution >= 0.6 is 15.9 Å². The molecule has 1 heterocycles. The lowest BCUT2D eigenvalue weighted by atomic mass is 10.0. The van der Waals surface area contributed by atoms with Crippen LogP contribution in [0, 0.1) is 11.6 Å². The van der Waals surface area contributed by atoms with Crippen molar-refractivity contribution in [1.82, 2.24) is 5.32 Å². The molecule has 1 aromatic heterocycles. The molecule has 0 saturated heterocycles. The lowest BCUT2D eigenvalue weighted by molar-refractivity contribution is 0.397. The highest BCUT2D eigenvalue weighted by Crippen LogP contribution is 2.25. The maximum absolute atomic E-state index is 13.7. The molecule has 0 fully saturated rings. The Balaban J connectivity index is 2.26. The molecule has 0 radical (unpaired) electrons. The largest absolute Gasteiger partial charge is 0.453 e. The third-order valence-electron chi connectivity index (χ3n) is 2.86. The van der Waals surface area contributed by atoms with E-state index < -0.39 is 11.6 Å². The van der Waals surface area contributed by atoms with Crippen molar-refractivity contribution in [2.24, 2.45) is 0 Å². The number of likely N-dealkylation sites (N-methyl/N-ethyl adjacent to an activating group) is 1. The van der Waals surface area contributed by atoms with E-state index in [-0.39, 0.29) is 18.0 Å². The number of benzene rings is 1. The molecule has 5 heteroatoms. The fraction of sp³-hybridized carbons (Fsp3) is 0.286. The average molecular weight is 330 g/mol. The second kappa shape index (κ2) is 6.30. The normalized spacial score (nSPS) is 12.6. The quantitative estimate of drug-likeness (QED) is 0.888. The molecule has 19 heavy (non-hydrogen) atoms. The Kier molecular flexibility index (Phi) is 4.71. The lowest BCUT2D eigenvalue weighted by Crippen LogP contribution is -2.23. The van der Waals surface area contributed by atoms with Crippen LogP contribution in [0.2, 0.25) is 0 Å². The van der Waals surface area contributed by atoms with Crippen molar-refractivity contribution in [3.63, 3.8) is 0 Å². The molecule has 102 valence electrons. The van der Waals surface area contributed by atoms with E-state index in [2.05, 4.69) is 21.2 Å². The van der Waals surface area contributed by atoms with Gasteiger partial charge in [0.05, 0.1) is 6.04 Å². The number of halogens is 3. The van der Waals surface area contributed by atoms with Gasteiger partial charge in [-0.3, -0.25) is 0 Å². The molecular weight excluding hydrogens is 316 g/mol. The molecule has 0 amide bonds. The van der Waals surface area contributed by atoms with Gasteiger partial charge in [0.1, 0.15) is 17.4 Å². The van der Waals surface area contributed by atoms with Crippen molar-refractivity contribution in [2.45, 2.75) is 19.4 Å². The van der Waals surface area contributed by atoms with Crippen LogP contribution in [0.4, 0.5) is 8.78 Å². The molecule has 0 saturated carbocycles. The number of furan rings is 1. The number of hydrogen-bond donors (Lipinski definition) is 1. The van der Waals surface area contributed by atoms with Gasteiger partial charge in [0.15, 0.2) is 4.67 Å². The van der Waals surface area contributed by atoms with Crippen LogP contribution in [0.3, 0.4) is 0 Å². The van der Waals surface area contributed by atoms with Gasteiger partial charge in [-0.15, -0.1) is 0 Å². The summed E-state index contributed by atoms with van der Waals surface area (Å²) < 4.78 is 33.4. The van der Waals surface area contributed by atoms with Crippen molar-refractivity contribution < 1.29 is 13.2 Å². The predicted molar refractivity (Wildman–Crippen MR) is 72.9 cm³/mol. The number of nitrogens with one attached hydrogen (secondary N) is 1. The van der Waals surface area contributed by atoms with Gasteiger partial charge in [-0.1, -0.05) is 13.0 Å². The number of hydrogen-bond acceptors (Lipinski definition) is 2. The molecule has 0 aliphatic heterocycles. The predicted octanol–water partition coefficient (Wildman–Crippen LogP) is 4.21. The molecule has 1 N–H and O–H groups in total. The molecule has 2 nitrogen and oxygen atoms in total. The van der Waals surface area contributed by atoms with Gasteiger partial charge in [-0.25, -0.2) is 8.78 Å². The van der Waals surface area contributed by atoms with Crippen molar-refractivity contribution in [1.29, 1.82) is 0 Å². The first kappa shape index (κ1) is 14.2. The summed E-state index contributed by atoms with van der Waals surface area (Å²) >= 11 is 3.22. The molecule has 1 aromatic carbocycles. The van der Waals surface area contributed by atoms with Crippen LogP contribution in [-0.2, 0) is 6.42 Å². The van der Waals surface area contributed by atoms with E-state index in [1.54, 1.807) is 12.1 Å². The monoisotopic (exact) mass is 329 g/mol. The second-order valence-corrected chi connectivity index (χ2v) is 4.94. The van der Waals surface area contributed by atoms with E-state index >= 15 is 0 Å². The van der Waals surface area contributed by atoms with Crippen molar-refractivity contribution in [3.8, 4) is 0 Å². The minimum absolute atomic E-state index is 0.0703. The summed E-state index contributed by atoms with van der Waals surface area (Å²) in [5.41, 5.74) is 0.0703. The summed E-state index contributed by atoms with van der Waals surface area (Å²) in [5.74, 6) is -0.418. The van der Waals surface area contributed by atoms with E-state index in [9.17, 15) is 8.78 Å². The fourth-order valence-electron chi connectivity index (χ4n) is 1.97. The van der Waals surface area contributed by atoms with Crippen LogP contribution in [0.25, 0.3) is 0 Å². The van der Waals surface area contributed by atoms with Gasteiger partial charge in [-0.2, -0.15) is 0 Å². The minimum Gasteiger partial charge on any atom is -0.453 e. The standard InChI is InChI=1S/C14H14BrF2NO/c1-2-18-12(13-6-7-14(15)19-13)8-9-10(16)4-3-5-11(9)17/h3-7,12,18H,2,8H2,1H3. The topological polar surface area (TPSA) is 25.2 Å². The minimum atomic E-state index is -0.534. The van der Waals surface area contributed by atoms with Crippen LogP contribution in [0.1, 0.15) is 24.3 Å². The first-order chi connectivity index (χ1) is 9.11. The molecule has 1 atom stereocenters. The lowest BCUT2D eigenvalue weighted by Gasteiger charge is -2.16. The third-order valence-corrected chi connectivity index (χ3v) is 3.28. The van der Waals surface area contributed by atoms with Crippen LogP contribution in [0.15, 0.2) is 39.4 Å². The second-order valence-electron chi connectivity index (χ2n) is 4.16. The van der Waals surface area contributed by atoms with Gasteiger partial charge >= 0.3 is 0 Å². The highest BCUT2D eigenvalue weighted by atomic mass is 79.9. The van der Waals surface area contributed by atoms with Gasteiger partial charge in [0.2, 0.25) is 0 Å². The summed E-state index contributed by atoms with van der Waals surface area (Å²) in [4.78, 5) is 0. The summed E-state index contributed by atoms with van der Waals surface area (Å²) in [6.07, 6.45) is 0.201. The molecule has 1 unspecified atom stereocenters. The average Bonchev–Trinajstić information content (AvgIpc) is 2.79. The van der Waals surface area contributed by atoms with Crippen LogP contribution in [0.5, 0.6) is 0 Å².